The Morgan fingerprint density at radius 2 is 2.21 bits per heavy atom. The fourth-order valence-corrected chi connectivity index (χ4v) is 3.23. The van der Waals surface area contributed by atoms with E-state index in [4.69, 9.17) is 5.11 Å². The quantitative estimate of drug-likeness (QED) is 0.679. The average Bonchev–Trinajstić information content (AvgIpc) is 2.01. The smallest absolute Gasteiger partial charge is 0.320 e. The number of aliphatic carboxylic acids is 1. The van der Waals surface area contributed by atoms with Crippen LogP contribution in [-0.4, -0.2) is 43.1 Å². The first kappa shape index (κ1) is 11.5. The molecule has 1 saturated heterocycles. The van der Waals surface area contributed by atoms with Gasteiger partial charge in [0.05, 0.1) is 11.5 Å². The first-order chi connectivity index (χ1) is 6.41. The van der Waals surface area contributed by atoms with Gasteiger partial charge in [-0.15, -0.1) is 0 Å². The molecule has 5 nitrogen and oxygen atoms in total. The lowest BCUT2D eigenvalue weighted by Crippen LogP contribution is -2.47. The topological polar surface area (TPSA) is 83.5 Å². The zero-order valence-corrected chi connectivity index (χ0v) is 8.88. The number of carboxylic acid groups (broad SMARTS) is 1. The van der Waals surface area contributed by atoms with Gasteiger partial charge in [-0.1, -0.05) is 0 Å². The Morgan fingerprint density at radius 1 is 1.57 bits per heavy atom. The monoisotopic (exact) mass is 221 g/mol. The first-order valence-corrected chi connectivity index (χ1v) is 6.42. The molecule has 1 fully saturated rings. The summed E-state index contributed by atoms with van der Waals surface area (Å²) in [4.78, 5) is 10.5. The molecule has 6 heteroatoms. The summed E-state index contributed by atoms with van der Waals surface area (Å²) in [6, 6.07) is -0.895. The molecule has 0 spiro atoms. The second kappa shape index (κ2) is 4.27. The molecular weight excluding hydrogens is 206 g/mol. The highest BCUT2D eigenvalue weighted by atomic mass is 32.2. The molecule has 2 N–H and O–H groups in total. The van der Waals surface area contributed by atoms with E-state index < -0.39 is 21.8 Å². The molecule has 82 valence electrons. The summed E-state index contributed by atoms with van der Waals surface area (Å²) < 4.78 is 22.4. The molecule has 1 rings (SSSR count). The number of nitrogens with one attached hydrogen (secondary N) is 1. The van der Waals surface area contributed by atoms with Crippen molar-refractivity contribution in [2.24, 2.45) is 0 Å². The molecule has 0 aromatic rings. The third-order valence-electron chi connectivity index (χ3n) is 2.32. The molecular formula is C8H15NO4S. The second-order valence-electron chi connectivity index (χ2n) is 3.68. The Kier molecular flexibility index (Phi) is 3.49. The van der Waals surface area contributed by atoms with Crippen LogP contribution in [0.15, 0.2) is 0 Å². The lowest BCUT2D eigenvalue weighted by molar-refractivity contribution is -0.139. The molecule has 1 aliphatic rings. The lowest BCUT2D eigenvalue weighted by atomic mass is 10.1. The summed E-state index contributed by atoms with van der Waals surface area (Å²) in [5, 5.41) is 11.4. The Bertz CT molecular complexity index is 311. The highest BCUT2D eigenvalue weighted by Crippen LogP contribution is 2.12. The van der Waals surface area contributed by atoms with Crippen LogP contribution >= 0.6 is 0 Å². The number of hydrogen-bond acceptors (Lipinski definition) is 4. The van der Waals surface area contributed by atoms with Gasteiger partial charge in [-0.2, -0.15) is 0 Å². The van der Waals surface area contributed by atoms with E-state index in [1.807, 2.05) is 0 Å². The molecule has 0 bridgehead atoms. The minimum absolute atomic E-state index is 0.0601. The van der Waals surface area contributed by atoms with Gasteiger partial charge >= 0.3 is 5.97 Å². The molecule has 0 saturated carbocycles. The van der Waals surface area contributed by atoms with E-state index >= 15 is 0 Å². The average molecular weight is 221 g/mol. The number of sulfone groups is 1. The van der Waals surface area contributed by atoms with E-state index in [1.54, 1.807) is 0 Å². The highest BCUT2D eigenvalue weighted by Gasteiger charge is 2.26. The van der Waals surface area contributed by atoms with E-state index in [9.17, 15) is 13.2 Å². The van der Waals surface area contributed by atoms with Crippen molar-refractivity contribution in [2.75, 3.05) is 11.5 Å². The van der Waals surface area contributed by atoms with Gasteiger partial charge in [0.25, 0.3) is 0 Å². The maximum absolute atomic E-state index is 11.2. The summed E-state index contributed by atoms with van der Waals surface area (Å²) in [5.74, 6) is -0.662. The van der Waals surface area contributed by atoms with Crippen molar-refractivity contribution in [3.05, 3.63) is 0 Å². The Hall–Kier alpha value is -0.620. The van der Waals surface area contributed by atoms with Crippen LogP contribution < -0.4 is 5.32 Å². The van der Waals surface area contributed by atoms with Crippen LogP contribution in [0.3, 0.4) is 0 Å². The van der Waals surface area contributed by atoms with Crippen molar-refractivity contribution in [3.63, 3.8) is 0 Å². The number of hydrogen-bond donors (Lipinski definition) is 2. The van der Waals surface area contributed by atoms with Gasteiger partial charge in [-0.3, -0.25) is 4.79 Å². The fourth-order valence-electron chi connectivity index (χ4n) is 1.58. The zero-order chi connectivity index (χ0) is 10.8. The second-order valence-corrected chi connectivity index (χ2v) is 5.91. The maximum Gasteiger partial charge on any atom is 0.320 e. The van der Waals surface area contributed by atoms with E-state index in [2.05, 4.69) is 5.32 Å². The Morgan fingerprint density at radius 3 is 2.71 bits per heavy atom. The number of rotatable bonds is 3. The molecule has 1 aliphatic heterocycles. The molecule has 14 heavy (non-hydrogen) atoms. The predicted molar refractivity (Wildman–Crippen MR) is 51.9 cm³/mol. The normalized spacial score (nSPS) is 28.2. The third kappa shape index (κ3) is 3.26. The van der Waals surface area contributed by atoms with Crippen LogP contribution in [0.1, 0.15) is 19.8 Å². The number of carbonyl (C=O) groups is 1. The maximum atomic E-state index is 11.2. The molecule has 2 atom stereocenters. The summed E-state index contributed by atoms with van der Waals surface area (Å²) in [6.45, 7) is 1.52. The molecule has 0 aromatic carbocycles. The minimum Gasteiger partial charge on any atom is -0.480 e. The van der Waals surface area contributed by atoms with Crippen molar-refractivity contribution in [3.8, 4) is 0 Å². The SMILES string of the molecule is CC(NC1CCCS(=O)(=O)C1)C(=O)O. The van der Waals surface area contributed by atoms with Crippen molar-refractivity contribution in [1.29, 1.82) is 0 Å². The van der Waals surface area contributed by atoms with Crippen LogP contribution in [0.25, 0.3) is 0 Å². The van der Waals surface area contributed by atoms with Crippen LogP contribution in [0.2, 0.25) is 0 Å². The van der Waals surface area contributed by atoms with Gasteiger partial charge in [-0.05, 0) is 19.8 Å². The standard InChI is InChI=1S/C8H15NO4S/c1-6(8(10)11)9-7-3-2-4-14(12,13)5-7/h6-7,9H,2-5H2,1H3,(H,10,11). The Balaban J connectivity index is 2.50. The summed E-state index contributed by atoms with van der Waals surface area (Å²) in [6.07, 6.45) is 1.35. The fraction of sp³-hybridized carbons (Fsp3) is 0.875. The summed E-state index contributed by atoms with van der Waals surface area (Å²) in [7, 11) is -2.96. The van der Waals surface area contributed by atoms with E-state index in [1.165, 1.54) is 6.92 Å². The first-order valence-electron chi connectivity index (χ1n) is 4.60. The predicted octanol–water partition coefficient (Wildman–Crippen LogP) is -0.374. The minimum atomic E-state index is -2.96. The van der Waals surface area contributed by atoms with Gasteiger partial charge in [0, 0.05) is 6.04 Å². The van der Waals surface area contributed by atoms with Gasteiger partial charge in [-0.25, -0.2) is 8.42 Å². The van der Waals surface area contributed by atoms with Gasteiger partial charge in [0.1, 0.15) is 6.04 Å². The van der Waals surface area contributed by atoms with Crippen molar-refractivity contribution in [2.45, 2.75) is 31.8 Å². The highest BCUT2D eigenvalue weighted by molar-refractivity contribution is 7.91. The van der Waals surface area contributed by atoms with Crippen molar-refractivity contribution in [1.82, 2.24) is 5.32 Å². The third-order valence-corrected chi connectivity index (χ3v) is 4.14. The van der Waals surface area contributed by atoms with E-state index in [0.717, 1.165) is 6.42 Å². The summed E-state index contributed by atoms with van der Waals surface area (Å²) in [5.41, 5.74) is 0. The zero-order valence-electron chi connectivity index (χ0n) is 8.06. The van der Waals surface area contributed by atoms with Crippen molar-refractivity contribution < 1.29 is 18.3 Å². The van der Waals surface area contributed by atoms with Crippen LogP contribution in [0, 0.1) is 0 Å². The molecule has 2 unspecified atom stereocenters. The Labute approximate surface area is 83.4 Å². The van der Waals surface area contributed by atoms with E-state index in [0.29, 0.717) is 6.42 Å². The molecule has 1 heterocycles. The largest absolute Gasteiger partial charge is 0.480 e. The van der Waals surface area contributed by atoms with Crippen LogP contribution in [-0.2, 0) is 14.6 Å². The van der Waals surface area contributed by atoms with Gasteiger partial charge in [0.2, 0.25) is 0 Å². The van der Waals surface area contributed by atoms with Gasteiger partial charge in [0.15, 0.2) is 9.84 Å². The number of carboxylic acids is 1. The van der Waals surface area contributed by atoms with E-state index in [-0.39, 0.29) is 17.5 Å². The van der Waals surface area contributed by atoms with Gasteiger partial charge < -0.3 is 10.4 Å². The molecule has 0 aliphatic carbocycles. The molecule has 0 amide bonds. The molecule has 0 aromatic heterocycles. The lowest BCUT2D eigenvalue weighted by Gasteiger charge is -2.24. The van der Waals surface area contributed by atoms with Crippen LogP contribution in [0.4, 0.5) is 0 Å². The van der Waals surface area contributed by atoms with Crippen molar-refractivity contribution >= 4 is 15.8 Å². The summed E-state index contributed by atoms with van der Waals surface area (Å²) >= 11 is 0. The van der Waals surface area contributed by atoms with Crippen LogP contribution in [0.5, 0.6) is 0 Å². The molecule has 0 radical (unpaired) electrons.